The molecule has 0 bridgehead atoms. The van der Waals surface area contributed by atoms with E-state index in [0.717, 1.165) is 5.75 Å². The van der Waals surface area contributed by atoms with Gasteiger partial charge in [0.1, 0.15) is 12.4 Å². The van der Waals surface area contributed by atoms with Crippen molar-refractivity contribution in [2.24, 2.45) is 5.73 Å². The summed E-state index contributed by atoms with van der Waals surface area (Å²) in [5, 5.41) is 8.43. The minimum atomic E-state index is -0.435. The van der Waals surface area contributed by atoms with Gasteiger partial charge in [-0.05, 0) is 18.6 Å². The Morgan fingerprint density at radius 2 is 1.94 bits per heavy atom. The maximum Gasteiger partial charge on any atom is 0.119 e. The van der Waals surface area contributed by atoms with Crippen LogP contribution in [-0.4, -0.2) is 25.9 Å². The number of rotatable bonds is 7. The van der Waals surface area contributed by atoms with Crippen LogP contribution < -0.4 is 10.5 Å². The van der Waals surface area contributed by atoms with Crippen molar-refractivity contribution in [3.63, 3.8) is 0 Å². The summed E-state index contributed by atoms with van der Waals surface area (Å²) >= 11 is 0. The van der Waals surface area contributed by atoms with Crippen LogP contribution >= 0.6 is 0 Å². The third kappa shape index (κ3) is 5.35. The normalized spacial score (nSPS) is 11.8. The predicted molar refractivity (Wildman–Crippen MR) is 61.0 cm³/mol. The molecule has 0 aromatic heterocycles. The zero-order valence-corrected chi connectivity index (χ0v) is 9.13. The van der Waals surface area contributed by atoms with Gasteiger partial charge in [-0.1, -0.05) is 18.2 Å². The highest BCUT2D eigenvalue weighted by atomic mass is 16.5. The van der Waals surface area contributed by atoms with E-state index in [-0.39, 0.29) is 0 Å². The van der Waals surface area contributed by atoms with Crippen molar-refractivity contribution in [3.8, 4) is 11.8 Å². The molecule has 1 aromatic carbocycles. The second-order valence-corrected chi connectivity index (χ2v) is 3.30. The van der Waals surface area contributed by atoms with E-state index in [2.05, 4.69) is 0 Å². The van der Waals surface area contributed by atoms with Crippen molar-refractivity contribution < 1.29 is 9.47 Å². The van der Waals surface area contributed by atoms with Gasteiger partial charge >= 0.3 is 0 Å². The van der Waals surface area contributed by atoms with Gasteiger partial charge in [-0.15, -0.1) is 0 Å². The molecule has 1 atom stereocenters. The van der Waals surface area contributed by atoms with Crippen molar-refractivity contribution >= 4 is 0 Å². The number of para-hydroxylation sites is 1. The van der Waals surface area contributed by atoms with Crippen LogP contribution in [0.2, 0.25) is 0 Å². The monoisotopic (exact) mass is 220 g/mol. The topological polar surface area (TPSA) is 68.3 Å². The average Bonchev–Trinajstić information content (AvgIpc) is 2.34. The number of nitrogens with zero attached hydrogens (tertiary/aromatic N) is 1. The molecular weight excluding hydrogens is 204 g/mol. The number of nitriles is 1. The summed E-state index contributed by atoms with van der Waals surface area (Å²) in [5.41, 5.74) is 5.41. The minimum absolute atomic E-state index is 0.435. The summed E-state index contributed by atoms with van der Waals surface area (Å²) in [6.07, 6.45) is 0.557. The molecule has 0 amide bonds. The molecule has 2 N–H and O–H groups in total. The highest BCUT2D eigenvalue weighted by Crippen LogP contribution is 2.07. The number of hydrogen-bond donors (Lipinski definition) is 1. The summed E-state index contributed by atoms with van der Waals surface area (Å²) in [6.45, 7) is 1.51. The Balaban J connectivity index is 1.99. The molecule has 1 unspecified atom stereocenters. The second kappa shape index (κ2) is 7.69. The van der Waals surface area contributed by atoms with Crippen LogP contribution in [0.15, 0.2) is 30.3 Å². The zero-order valence-electron chi connectivity index (χ0n) is 9.13. The van der Waals surface area contributed by atoms with Gasteiger partial charge in [0.2, 0.25) is 0 Å². The standard InChI is InChI=1S/C12H16N2O2/c13-10-11(14)6-7-15-8-9-16-12-4-2-1-3-5-12/h1-5,11H,6-9,14H2. The van der Waals surface area contributed by atoms with Gasteiger partial charge in [0.15, 0.2) is 0 Å². The fraction of sp³-hybridized carbons (Fsp3) is 0.417. The Morgan fingerprint density at radius 3 is 2.62 bits per heavy atom. The molecule has 0 fully saturated rings. The summed E-state index contributed by atoms with van der Waals surface area (Å²) in [7, 11) is 0. The summed E-state index contributed by atoms with van der Waals surface area (Å²) in [6, 6.07) is 11.1. The van der Waals surface area contributed by atoms with Crippen molar-refractivity contribution in [3.05, 3.63) is 30.3 Å². The van der Waals surface area contributed by atoms with Crippen LogP contribution in [0, 0.1) is 11.3 Å². The van der Waals surface area contributed by atoms with E-state index >= 15 is 0 Å². The lowest BCUT2D eigenvalue weighted by Crippen LogP contribution is -2.20. The van der Waals surface area contributed by atoms with Crippen molar-refractivity contribution in [2.45, 2.75) is 12.5 Å². The largest absolute Gasteiger partial charge is 0.491 e. The highest BCUT2D eigenvalue weighted by Gasteiger charge is 1.98. The minimum Gasteiger partial charge on any atom is -0.491 e. The molecule has 1 rings (SSSR count). The Labute approximate surface area is 95.6 Å². The Bertz CT molecular complexity index is 322. The smallest absolute Gasteiger partial charge is 0.119 e. The van der Waals surface area contributed by atoms with Gasteiger partial charge in [0, 0.05) is 6.61 Å². The zero-order chi connectivity index (χ0) is 11.6. The van der Waals surface area contributed by atoms with Gasteiger partial charge < -0.3 is 15.2 Å². The molecule has 86 valence electrons. The fourth-order valence-corrected chi connectivity index (χ4v) is 1.11. The van der Waals surface area contributed by atoms with Crippen LogP contribution in [-0.2, 0) is 4.74 Å². The third-order valence-corrected chi connectivity index (χ3v) is 1.98. The Kier molecular flexibility index (Phi) is 6.00. The molecule has 0 aliphatic carbocycles. The fourth-order valence-electron chi connectivity index (χ4n) is 1.11. The molecule has 0 heterocycles. The predicted octanol–water partition coefficient (Wildman–Crippen LogP) is 1.32. The van der Waals surface area contributed by atoms with E-state index in [1.54, 1.807) is 0 Å². The lowest BCUT2D eigenvalue weighted by atomic mass is 10.3. The van der Waals surface area contributed by atoms with E-state index in [9.17, 15) is 0 Å². The molecule has 16 heavy (non-hydrogen) atoms. The summed E-state index contributed by atoms with van der Waals surface area (Å²) < 4.78 is 10.7. The van der Waals surface area contributed by atoms with E-state index in [4.69, 9.17) is 20.5 Å². The number of nitrogens with two attached hydrogens (primary N) is 1. The summed E-state index contributed by atoms with van der Waals surface area (Å²) in [5.74, 6) is 0.833. The molecule has 0 radical (unpaired) electrons. The first-order valence-electron chi connectivity index (χ1n) is 5.23. The van der Waals surface area contributed by atoms with Gasteiger partial charge in [-0.2, -0.15) is 5.26 Å². The van der Waals surface area contributed by atoms with Crippen LogP contribution in [0.5, 0.6) is 5.75 Å². The molecule has 0 saturated carbocycles. The third-order valence-electron chi connectivity index (χ3n) is 1.98. The van der Waals surface area contributed by atoms with Crippen LogP contribution in [0.3, 0.4) is 0 Å². The Hall–Kier alpha value is -1.57. The average molecular weight is 220 g/mol. The van der Waals surface area contributed by atoms with Crippen LogP contribution in [0.1, 0.15) is 6.42 Å². The van der Waals surface area contributed by atoms with Crippen LogP contribution in [0.25, 0.3) is 0 Å². The number of ether oxygens (including phenoxy) is 2. The van der Waals surface area contributed by atoms with Crippen LogP contribution in [0.4, 0.5) is 0 Å². The first kappa shape index (κ1) is 12.5. The molecule has 4 nitrogen and oxygen atoms in total. The maximum atomic E-state index is 8.43. The van der Waals surface area contributed by atoms with Crippen molar-refractivity contribution in [1.82, 2.24) is 0 Å². The SMILES string of the molecule is N#CC(N)CCOCCOc1ccccc1. The van der Waals surface area contributed by atoms with Gasteiger partial charge in [-0.3, -0.25) is 0 Å². The molecule has 1 aromatic rings. The van der Waals surface area contributed by atoms with E-state index in [1.807, 2.05) is 36.4 Å². The van der Waals surface area contributed by atoms with E-state index < -0.39 is 6.04 Å². The molecule has 0 saturated heterocycles. The van der Waals surface area contributed by atoms with E-state index in [1.165, 1.54) is 0 Å². The lowest BCUT2D eigenvalue weighted by Gasteiger charge is -2.07. The molecule has 0 aliphatic rings. The van der Waals surface area contributed by atoms with Gasteiger partial charge in [0.05, 0.1) is 18.7 Å². The van der Waals surface area contributed by atoms with Crippen molar-refractivity contribution in [1.29, 1.82) is 5.26 Å². The molecule has 0 spiro atoms. The first-order chi connectivity index (χ1) is 7.83. The second-order valence-electron chi connectivity index (χ2n) is 3.30. The van der Waals surface area contributed by atoms with Gasteiger partial charge in [-0.25, -0.2) is 0 Å². The Morgan fingerprint density at radius 1 is 1.19 bits per heavy atom. The quantitative estimate of drug-likeness (QED) is 0.704. The first-order valence-corrected chi connectivity index (χ1v) is 5.23. The molecule has 4 heteroatoms. The molecular formula is C12H16N2O2. The number of benzene rings is 1. The van der Waals surface area contributed by atoms with Crippen molar-refractivity contribution in [2.75, 3.05) is 19.8 Å². The lowest BCUT2D eigenvalue weighted by molar-refractivity contribution is 0.0972. The van der Waals surface area contributed by atoms with Gasteiger partial charge in [0.25, 0.3) is 0 Å². The van der Waals surface area contributed by atoms with E-state index in [0.29, 0.717) is 26.2 Å². The summed E-state index contributed by atoms with van der Waals surface area (Å²) in [4.78, 5) is 0. The molecule has 0 aliphatic heterocycles. The maximum absolute atomic E-state index is 8.43. The highest BCUT2D eigenvalue weighted by molar-refractivity contribution is 5.20. The number of hydrogen-bond acceptors (Lipinski definition) is 4.